The molecule has 2 atom stereocenters. The van der Waals surface area contributed by atoms with Gasteiger partial charge in [-0.05, 0) is 66.2 Å². The van der Waals surface area contributed by atoms with E-state index in [9.17, 15) is 14.4 Å². The number of nitrogens with two attached hydrogens (primary N) is 2. The smallest absolute Gasteiger partial charge is 0.273 e. The highest BCUT2D eigenvalue weighted by Gasteiger charge is 2.36. The van der Waals surface area contributed by atoms with Gasteiger partial charge in [0.15, 0.2) is 5.69 Å². The van der Waals surface area contributed by atoms with Crippen LogP contribution in [0, 0.1) is 0 Å². The normalized spacial score (nSPS) is 15.6. The lowest BCUT2D eigenvalue weighted by atomic mass is 10.0. The summed E-state index contributed by atoms with van der Waals surface area (Å²) in [5.41, 5.74) is 13.3. The van der Waals surface area contributed by atoms with Gasteiger partial charge in [-0.1, -0.05) is 31.2 Å². The van der Waals surface area contributed by atoms with Gasteiger partial charge in [0.05, 0.1) is 18.9 Å². The number of nitrogen functional groups attached to an aromatic ring is 1. The average molecular weight is 538 g/mol. The number of carbonyl (C=O) groups is 3. The van der Waals surface area contributed by atoms with Crippen molar-refractivity contribution in [1.82, 2.24) is 9.69 Å². The SMILES string of the molecule is CCc1ccc(N(C(=O)c2snc(C(N)=O)c2N)[C@H](C(=O)NC[C@H]2CCCO2)c2ccc(OC)cc2)cc1. The zero-order valence-electron chi connectivity index (χ0n) is 21.3. The summed E-state index contributed by atoms with van der Waals surface area (Å²) in [6.45, 7) is 3.00. The van der Waals surface area contributed by atoms with Crippen molar-refractivity contribution in [2.75, 3.05) is 30.9 Å². The van der Waals surface area contributed by atoms with Gasteiger partial charge < -0.3 is 26.3 Å². The van der Waals surface area contributed by atoms with Gasteiger partial charge in [-0.15, -0.1) is 0 Å². The molecule has 1 saturated heterocycles. The molecule has 1 aliphatic heterocycles. The van der Waals surface area contributed by atoms with Gasteiger partial charge in [0.25, 0.3) is 11.8 Å². The van der Waals surface area contributed by atoms with E-state index < -0.39 is 23.8 Å². The van der Waals surface area contributed by atoms with Crippen LogP contribution < -0.4 is 26.4 Å². The third-order valence-electron chi connectivity index (χ3n) is 6.46. The molecular weight excluding hydrogens is 506 g/mol. The van der Waals surface area contributed by atoms with Gasteiger partial charge in [0.2, 0.25) is 5.91 Å². The fraction of sp³-hybridized carbons (Fsp3) is 0.333. The van der Waals surface area contributed by atoms with E-state index in [4.69, 9.17) is 20.9 Å². The molecule has 1 fully saturated rings. The summed E-state index contributed by atoms with van der Waals surface area (Å²) < 4.78 is 14.9. The number of aryl methyl sites for hydroxylation is 1. The fourth-order valence-corrected chi connectivity index (χ4v) is 5.08. The summed E-state index contributed by atoms with van der Waals surface area (Å²) >= 11 is 0.769. The second-order valence-corrected chi connectivity index (χ2v) is 9.66. The number of nitrogens with zero attached hydrogens (tertiary/aromatic N) is 2. The highest BCUT2D eigenvalue weighted by atomic mass is 32.1. The number of methoxy groups -OCH3 is 1. The lowest BCUT2D eigenvalue weighted by Gasteiger charge is -2.31. The van der Waals surface area contributed by atoms with E-state index in [2.05, 4.69) is 9.69 Å². The van der Waals surface area contributed by atoms with Crippen molar-refractivity contribution >= 4 is 40.6 Å². The molecule has 5 N–H and O–H groups in total. The number of aromatic nitrogens is 1. The van der Waals surface area contributed by atoms with Crippen LogP contribution in [0.5, 0.6) is 5.75 Å². The Kier molecular flexibility index (Phi) is 8.59. The third-order valence-corrected chi connectivity index (χ3v) is 7.31. The molecule has 0 radical (unpaired) electrons. The monoisotopic (exact) mass is 537 g/mol. The van der Waals surface area contributed by atoms with E-state index in [0.717, 1.165) is 36.4 Å². The maximum Gasteiger partial charge on any atom is 0.273 e. The van der Waals surface area contributed by atoms with Gasteiger partial charge in [-0.25, -0.2) is 0 Å². The van der Waals surface area contributed by atoms with Crippen LogP contribution in [-0.2, 0) is 16.0 Å². The molecule has 2 aromatic carbocycles. The number of ether oxygens (including phenoxy) is 2. The summed E-state index contributed by atoms with van der Waals surface area (Å²) in [5.74, 6) is -1.20. The molecule has 200 valence electrons. The summed E-state index contributed by atoms with van der Waals surface area (Å²) in [4.78, 5) is 41.1. The molecule has 4 rings (SSSR count). The van der Waals surface area contributed by atoms with Crippen LogP contribution >= 0.6 is 11.5 Å². The van der Waals surface area contributed by atoms with Crippen molar-refractivity contribution in [2.45, 2.75) is 38.3 Å². The summed E-state index contributed by atoms with van der Waals surface area (Å²) in [7, 11) is 1.55. The van der Waals surface area contributed by atoms with Crippen LogP contribution in [0.25, 0.3) is 0 Å². The Balaban J connectivity index is 1.80. The second-order valence-electron chi connectivity index (χ2n) is 8.89. The first-order valence-electron chi connectivity index (χ1n) is 12.3. The summed E-state index contributed by atoms with van der Waals surface area (Å²) in [6.07, 6.45) is 2.51. The predicted molar refractivity (Wildman–Crippen MR) is 145 cm³/mol. The minimum absolute atomic E-state index is 0.0174. The highest BCUT2D eigenvalue weighted by molar-refractivity contribution is 7.09. The Labute approximate surface area is 225 Å². The maximum atomic E-state index is 14.1. The topological polar surface area (TPSA) is 150 Å². The molecule has 0 aliphatic carbocycles. The molecule has 0 saturated carbocycles. The second kappa shape index (κ2) is 12.1. The molecule has 3 aromatic rings. The molecule has 11 heteroatoms. The third kappa shape index (κ3) is 5.79. The zero-order chi connectivity index (χ0) is 27.2. The van der Waals surface area contributed by atoms with Gasteiger partial charge in [0.1, 0.15) is 16.7 Å². The number of nitrogens with one attached hydrogen (secondary N) is 1. The molecule has 3 amide bonds. The highest BCUT2D eigenvalue weighted by Crippen LogP contribution is 2.34. The summed E-state index contributed by atoms with van der Waals surface area (Å²) in [5, 5.41) is 2.96. The minimum Gasteiger partial charge on any atom is -0.497 e. The number of carbonyl (C=O) groups excluding carboxylic acids is 3. The van der Waals surface area contributed by atoms with Gasteiger partial charge in [0, 0.05) is 18.8 Å². The van der Waals surface area contributed by atoms with Crippen LogP contribution in [0.2, 0.25) is 0 Å². The molecule has 38 heavy (non-hydrogen) atoms. The Hall–Kier alpha value is -3.96. The quantitative estimate of drug-likeness (QED) is 0.360. The molecule has 0 bridgehead atoms. The van der Waals surface area contributed by atoms with Crippen LogP contribution in [0.4, 0.5) is 11.4 Å². The van der Waals surface area contributed by atoms with Crippen molar-refractivity contribution in [3.8, 4) is 5.75 Å². The molecule has 10 nitrogen and oxygen atoms in total. The van der Waals surface area contributed by atoms with Gasteiger partial charge in [-0.2, -0.15) is 4.37 Å². The van der Waals surface area contributed by atoms with Crippen molar-refractivity contribution in [3.05, 3.63) is 70.2 Å². The van der Waals surface area contributed by atoms with Crippen molar-refractivity contribution < 1.29 is 23.9 Å². The Bertz CT molecular complexity index is 1290. The van der Waals surface area contributed by atoms with Crippen molar-refractivity contribution in [3.63, 3.8) is 0 Å². The standard InChI is InChI=1S/C27H31N5O5S/c1-3-16-6-10-18(11-7-16)32(27(35)24-21(28)22(25(29)33)31-38-24)23(17-8-12-19(36-2)13-9-17)26(34)30-15-20-5-4-14-37-20/h6-13,20,23H,3-5,14-15,28H2,1-2H3,(H2,29,33)(H,30,34)/t20-,23+/m1/s1. The molecule has 2 heterocycles. The fourth-order valence-electron chi connectivity index (χ4n) is 4.33. The van der Waals surface area contributed by atoms with Crippen molar-refractivity contribution in [2.24, 2.45) is 5.73 Å². The van der Waals surface area contributed by atoms with Gasteiger partial charge >= 0.3 is 0 Å². The van der Waals surface area contributed by atoms with E-state index in [1.54, 1.807) is 43.5 Å². The number of hydrogen-bond acceptors (Lipinski definition) is 8. The summed E-state index contributed by atoms with van der Waals surface area (Å²) in [6, 6.07) is 13.2. The lowest BCUT2D eigenvalue weighted by molar-refractivity contribution is -0.123. The first-order valence-corrected chi connectivity index (χ1v) is 13.1. The molecule has 1 aromatic heterocycles. The lowest BCUT2D eigenvalue weighted by Crippen LogP contribution is -2.45. The molecule has 1 aliphatic rings. The molecule has 0 spiro atoms. The minimum atomic E-state index is -1.07. The number of primary amides is 1. The number of hydrogen-bond donors (Lipinski definition) is 3. The average Bonchev–Trinajstić information content (AvgIpc) is 3.60. The van der Waals surface area contributed by atoms with Gasteiger partial charge in [-0.3, -0.25) is 19.3 Å². The zero-order valence-corrected chi connectivity index (χ0v) is 22.1. The maximum absolute atomic E-state index is 14.1. The Morgan fingerprint density at radius 1 is 1.18 bits per heavy atom. The van der Waals surface area contributed by atoms with Crippen LogP contribution in [-0.4, -0.2) is 48.5 Å². The van der Waals surface area contributed by atoms with Crippen LogP contribution in [0.15, 0.2) is 48.5 Å². The van der Waals surface area contributed by atoms with Crippen LogP contribution in [0.3, 0.4) is 0 Å². The van der Waals surface area contributed by atoms with E-state index in [1.165, 1.54) is 4.90 Å². The van der Waals surface area contributed by atoms with Crippen LogP contribution in [0.1, 0.15) is 57.1 Å². The molecular formula is C27H31N5O5S. The predicted octanol–water partition coefficient (Wildman–Crippen LogP) is 3.08. The number of anilines is 2. The van der Waals surface area contributed by atoms with Crippen molar-refractivity contribution in [1.29, 1.82) is 0 Å². The first kappa shape index (κ1) is 27.1. The Morgan fingerprint density at radius 3 is 2.45 bits per heavy atom. The number of benzene rings is 2. The number of amides is 3. The van der Waals surface area contributed by atoms with E-state index in [-0.39, 0.29) is 22.4 Å². The van der Waals surface area contributed by atoms with E-state index >= 15 is 0 Å². The first-order chi connectivity index (χ1) is 18.3. The largest absolute Gasteiger partial charge is 0.497 e. The molecule has 0 unspecified atom stereocenters. The van der Waals surface area contributed by atoms with E-state index in [0.29, 0.717) is 30.2 Å². The van der Waals surface area contributed by atoms with E-state index in [1.807, 2.05) is 19.1 Å². The number of rotatable bonds is 10. The Morgan fingerprint density at radius 2 is 1.89 bits per heavy atom.